The van der Waals surface area contributed by atoms with Crippen LogP contribution in [0, 0.1) is 11.7 Å². The van der Waals surface area contributed by atoms with E-state index < -0.39 is 0 Å². The van der Waals surface area contributed by atoms with Gasteiger partial charge in [0.05, 0.1) is 0 Å². The standard InChI is InChI=1S/C17H14FN5O/c18-11-6-4-10(5-7-11)12-9-13(12)16(24)21-17-20-15(22-23-17)14-3-1-2-8-19-14/h1-8,12-13H,9H2,(H2,20,21,22,23,24)/t12-,13+/m0/s1. The molecule has 0 saturated heterocycles. The minimum Gasteiger partial charge on any atom is -0.293 e. The fraction of sp³-hybridized carbons (Fsp3) is 0.176. The highest BCUT2D eigenvalue weighted by atomic mass is 19.1. The molecule has 1 aliphatic carbocycles. The molecule has 0 spiro atoms. The molecule has 4 rings (SSSR count). The molecule has 0 aliphatic heterocycles. The van der Waals surface area contributed by atoms with Crippen molar-refractivity contribution in [3.8, 4) is 11.5 Å². The average Bonchev–Trinajstić information content (AvgIpc) is 3.28. The fourth-order valence-corrected chi connectivity index (χ4v) is 2.70. The summed E-state index contributed by atoms with van der Waals surface area (Å²) < 4.78 is 13.0. The maximum absolute atomic E-state index is 13.0. The van der Waals surface area contributed by atoms with Crippen LogP contribution in [0.4, 0.5) is 10.3 Å². The molecule has 1 amide bonds. The first-order chi connectivity index (χ1) is 11.7. The lowest BCUT2D eigenvalue weighted by Gasteiger charge is -2.01. The van der Waals surface area contributed by atoms with E-state index in [4.69, 9.17) is 0 Å². The van der Waals surface area contributed by atoms with Crippen LogP contribution in [0.3, 0.4) is 0 Å². The summed E-state index contributed by atoms with van der Waals surface area (Å²) >= 11 is 0. The molecular weight excluding hydrogens is 309 g/mol. The molecular formula is C17H14FN5O. The number of H-pyrrole nitrogens is 1. The third-order valence-corrected chi connectivity index (χ3v) is 4.05. The van der Waals surface area contributed by atoms with Gasteiger partial charge in [-0.1, -0.05) is 18.2 Å². The number of amides is 1. The number of anilines is 1. The van der Waals surface area contributed by atoms with Crippen molar-refractivity contribution in [3.63, 3.8) is 0 Å². The van der Waals surface area contributed by atoms with Crippen molar-refractivity contribution >= 4 is 11.9 Å². The molecule has 1 fully saturated rings. The molecule has 2 aromatic heterocycles. The van der Waals surface area contributed by atoms with Crippen molar-refractivity contribution in [2.24, 2.45) is 5.92 Å². The quantitative estimate of drug-likeness (QED) is 0.773. The number of carbonyl (C=O) groups is 1. The second kappa shape index (κ2) is 5.84. The van der Waals surface area contributed by atoms with Crippen LogP contribution in [0.5, 0.6) is 0 Å². The van der Waals surface area contributed by atoms with Crippen LogP contribution in [-0.2, 0) is 4.79 Å². The van der Waals surface area contributed by atoms with Crippen molar-refractivity contribution in [2.45, 2.75) is 12.3 Å². The van der Waals surface area contributed by atoms with Crippen molar-refractivity contribution in [1.82, 2.24) is 20.2 Å². The number of hydrogen-bond acceptors (Lipinski definition) is 4. The molecule has 0 radical (unpaired) electrons. The van der Waals surface area contributed by atoms with Crippen LogP contribution in [0.1, 0.15) is 17.9 Å². The van der Waals surface area contributed by atoms with Crippen LogP contribution in [0.25, 0.3) is 11.5 Å². The first-order valence-corrected chi connectivity index (χ1v) is 7.61. The zero-order valence-electron chi connectivity index (χ0n) is 12.6. The number of aromatic nitrogens is 4. The molecule has 120 valence electrons. The lowest BCUT2D eigenvalue weighted by Crippen LogP contribution is -2.15. The van der Waals surface area contributed by atoms with Gasteiger partial charge in [0.25, 0.3) is 0 Å². The predicted molar refractivity (Wildman–Crippen MR) is 85.5 cm³/mol. The van der Waals surface area contributed by atoms with Crippen LogP contribution < -0.4 is 5.32 Å². The number of benzene rings is 1. The summed E-state index contributed by atoms with van der Waals surface area (Å²) in [6, 6.07) is 11.7. The molecule has 6 nitrogen and oxygen atoms in total. The number of aromatic amines is 1. The van der Waals surface area contributed by atoms with Gasteiger partial charge in [-0.25, -0.2) is 4.39 Å². The number of nitrogens with one attached hydrogen (secondary N) is 2. The van der Waals surface area contributed by atoms with E-state index in [0.29, 0.717) is 11.5 Å². The Morgan fingerprint density at radius 3 is 2.79 bits per heavy atom. The summed E-state index contributed by atoms with van der Waals surface area (Å²) in [6.07, 6.45) is 2.41. The Bertz CT molecular complexity index is 862. The maximum atomic E-state index is 13.0. The zero-order chi connectivity index (χ0) is 16.5. The number of hydrogen-bond donors (Lipinski definition) is 2. The number of carbonyl (C=O) groups excluding carboxylic acids is 1. The van der Waals surface area contributed by atoms with Crippen LogP contribution in [-0.4, -0.2) is 26.1 Å². The SMILES string of the molecule is O=C(Nc1n[nH]c(-c2ccccn2)n1)[C@@H]1C[C@H]1c1ccc(F)cc1. The lowest BCUT2D eigenvalue weighted by atomic mass is 10.1. The molecule has 7 heteroatoms. The van der Waals surface area contributed by atoms with E-state index in [-0.39, 0.29) is 29.5 Å². The van der Waals surface area contributed by atoms with Crippen LogP contribution in [0.15, 0.2) is 48.7 Å². The number of halogens is 1. The van der Waals surface area contributed by atoms with Crippen molar-refractivity contribution in [3.05, 3.63) is 60.0 Å². The van der Waals surface area contributed by atoms with Crippen molar-refractivity contribution in [2.75, 3.05) is 5.32 Å². The molecule has 2 N–H and O–H groups in total. The molecule has 2 heterocycles. The number of pyridine rings is 1. The molecule has 1 saturated carbocycles. The Morgan fingerprint density at radius 2 is 2.04 bits per heavy atom. The molecule has 2 atom stereocenters. The summed E-state index contributed by atoms with van der Waals surface area (Å²) in [6.45, 7) is 0. The second-order valence-corrected chi connectivity index (χ2v) is 5.71. The van der Waals surface area contributed by atoms with Gasteiger partial charge in [0.2, 0.25) is 11.9 Å². The highest BCUT2D eigenvalue weighted by molar-refractivity contribution is 5.93. The van der Waals surface area contributed by atoms with Gasteiger partial charge in [-0.2, -0.15) is 4.98 Å². The van der Waals surface area contributed by atoms with E-state index >= 15 is 0 Å². The Balaban J connectivity index is 1.41. The van der Waals surface area contributed by atoms with Gasteiger partial charge in [-0.3, -0.25) is 20.2 Å². The molecule has 1 aliphatic rings. The smallest absolute Gasteiger partial charge is 0.249 e. The largest absolute Gasteiger partial charge is 0.293 e. The number of rotatable bonds is 4. The first-order valence-electron chi connectivity index (χ1n) is 7.61. The van der Waals surface area contributed by atoms with Gasteiger partial charge in [0.15, 0.2) is 5.82 Å². The average molecular weight is 323 g/mol. The summed E-state index contributed by atoms with van der Waals surface area (Å²) in [5.74, 6) is 0.313. The topological polar surface area (TPSA) is 83.6 Å². The van der Waals surface area contributed by atoms with Gasteiger partial charge < -0.3 is 0 Å². The minimum absolute atomic E-state index is 0.125. The van der Waals surface area contributed by atoms with Gasteiger partial charge in [-0.05, 0) is 42.2 Å². The summed E-state index contributed by atoms with van der Waals surface area (Å²) in [4.78, 5) is 20.7. The van der Waals surface area contributed by atoms with Crippen LogP contribution >= 0.6 is 0 Å². The van der Waals surface area contributed by atoms with E-state index in [1.807, 2.05) is 12.1 Å². The van der Waals surface area contributed by atoms with Crippen molar-refractivity contribution in [1.29, 1.82) is 0 Å². The van der Waals surface area contributed by atoms with Gasteiger partial charge in [0, 0.05) is 12.1 Å². The van der Waals surface area contributed by atoms with E-state index in [0.717, 1.165) is 12.0 Å². The fourth-order valence-electron chi connectivity index (χ4n) is 2.70. The third-order valence-electron chi connectivity index (χ3n) is 4.05. The Hall–Kier alpha value is -3.09. The van der Waals surface area contributed by atoms with Crippen LogP contribution in [0.2, 0.25) is 0 Å². The zero-order valence-corrected chi connectivity index (χ0v) is 12.6. The summed E-state index contributed by atoms with van der Waals surface area (Å²) in [5.41, 5.74) is 1.63. The third kappa shape index (κ3) is 2.88. The Labute approximate surface area is 137 Å². The Kier molecular flexibility index (Phi) is 3.53. The second-order valence-electron chi connectivity index (χ2n) is 5.71. The number of nitrogens with zero attached hydrogens (tertiary/aromatic N) is 3. The van der Waals surface area contributed by atoms with E-state index in [9.17, 15) is 9.18 Å². The molecule has 0 unspecified atom stereocenters. The monoisotopic (exact) mass is 323 g/mol. The lowest BCUT2D eigenvalue weighted by molar-refractivity contribution is -0.117. The summed E-state index contributed by atoms with van der Waals surface area (Å²) in [7, 11) is 0. The van der Waals surface area contributed by atoms with Gasteiger partial charge in [-0.15, -0.1) is 5.10 Å². The van der Waals surface area contributed by atoms with E-state index in [1.165, 1.54) is 12.1 Å². The molecule has 24 heavy (non-hydrogen) atoms. The van der Waals surface area contributed by atoms with E-state index in [2.05, 4.69) is 25.5 Å². The Morgan fingerprint density at radius 1 is 1.21 bits per heavy atom. The highest BCUT2D eigenvalue weighted by Crippen LogP contribution is 2.47. The molecule has 1 aromatic carbocycles. The molecule has 3 aromatic rings. The van der Waals surface area contributed by atoms with Gasteiger partial charge in [0.1, 0.15) is 11.5 Å². The van der Waals surface area contributed by atoms with E-state index in [1.54, 1.807) is 24.4 Å². The van der Waals surface area contributed by atoms with Gasteiger partial charge >= 0.3 is 0 Å². The highest BCUT2D eigenvalue weighted by Gasteiger charge is 2.44. The predicted octanol–water partition coefficient (Wildman–Crippen LogP) is 2.75. The van der Waals surface area contributed by atoms with Crippen molar-refractivity contribution < 1.29 is 9.18 Å². The first kappa shape index (κ1) is 14.5. The summed E-state index contributed by atoms with van der Waals surface area (Å²) in [5, 5.41) is 9.46. The maximum Gasteiger partial charge on any atom is 0.249 e. The minimum atomic E-state index is -0.275. The normalized spacial score (nSPS) is 19.0. The molecule has 0 bridgehead atoms.